The first-order valence-electron chi connectivity index (χ1n) is 0.258. The molecule has 0 fully saturated rings. The zero-order valence-electron chi connectivity index (χ0n) is 1.92. The Bertz CT molecular complexity index is 10.8. The van der Waals surface area contributed by atoms with Gasteiger partial charge in [0.15, 0.2) is 0 Å². The van der Waals surface area contributed by atoms with Gasteiger partial charge in [0.05, 0.1) is 0 Å². The van der Waals surface area contributed by atoms with E-state index < -0.39 is 0 Å². The van der Waals surface area contributed by atoms with Crippen molar-refractivity contribution in [3.63, 3.8) is 0 Å². The van der Waals surface area contributed by atoms with Crippen molar-refractivity contribution in [2.45, 2.75) is 0 Å². The van der Waals surface area contributed by atoms with Crippen LogP contribution in [-0.2, 0) is 16.5 Å². The molecule has 2 nitrogen and oxygen atoms in total. The third-order valence-corrected chi connectivity index (χ3v) is 0. The monoisotopic (exact) mass is 101 g/mol. The van der Waals surface area contributed by atoms with Gasteiger partial charge in [0.25, 0.3) is 0 Å². The van der Waals surface area contributed by atoms with Crippen LogP contribution in [0.15, 0.2) is 0 Å². The van der Waals surface area contributed by atoms with Gasteiger partial charge in [-0.15, -0.1) is 0 Å². The number of hydrogen-bond donors (Lipinski definition) is 0. The van der Waals surface area contributed by atoms with Gasteiger partial charge in [-0.2, -0.15) is 0 Å². The molecule has 0 aliphatic carbocycles. The van der Waals surface area contributed by atoms with Crippen molar-refractivity contribution in [3.05, 3.63) is 6.15 Å². The third-order valence-electron chi connectivity index (χ3n) is 0. The van der Waals surface area contributed by atoms with Gasteiger partial charge in [-0.3, -0.25) is 0 Å². The molecule has 2 N–H and O–H groups in total. The summed E-state index contributed by atoms with van der Waals surface area (Å²) in [6, 6.07) is 0. The fraction of sp³-hybridized carbons (Fsp3) is 0. The van der Waals surface area contributed by atoms with Crippen molar-refractivity contribution in [3.8, 4) is 6.57 Å². The summed E-state index contributed by atoms with van der Waals surface area (Å²) in [7, 11) is 0. The molecule has 0 bridgehead atoms. The zero-order chi connectivity index (χ0) is 2.00. The van der Waals surface area contributed by atoms with Crippen molar-refractivity contribution >= 4 is 0 Å². The van der Waals surface area contributed by atoms with Gasteiger partial charge in [-0.05, 0) is 0 Å². The summed E-state index contributed by atoms with van der Waals surface area (Å²) in [4.78, 5) is 0. The van der Waals surface area contributed by atoms with E-state index in [1.807, 2.05) is 0 Å². The zero-order valence-corrected chi connectivity index (χ0v) is 2.91. The molecule has 0 aromatic heterocycles. The van der Waals surface area contributed by atoms with Gasteiger partial charge < -0.3 is 6.15 Å². The molecule has 0 saturated carbocycles. The number of rotatable bonds is 0. The minimum atomic E-state index is 0. The van der Waals surface area contributed by atoms with Crippen molar-refractivity contribution < 1.29 is 16.5 Å². The van der Waals surface area contributed by atoms with E-state index in [0.717, 1.165) is 0 Å². The fourth-order valence-corrected chi connectivity index (χ4v) is 0. The Balaban J connectivity index is -0.00000000500. The smallest absolute Gasteiger partial charge is 0.0462 e. The average Bonchev–Trinajstić information content (AvgIpc) is 1.00. The summed E-state index contributed by atoms with van der Waals surface area (Å²) >= 11 is 0. The molecule has 0 spiro atoms. The first-order valence-corrected chi connectivity index (χ1v) is 0.258. The predicted molar refractivity (Wildman–Crippen MR) is 12.0 cm³/mol. The van der Waals surface area contributed by atoms with Gasteiger partial charge >= 0.3 is 0 Å². The molecular weight excluding hydrogens is 98.7 g/mol. The maximum atomic E-state index is 6.50. The van der Waals surface area contributed by atoms with Gasteiger partial charge in [0.1, 0.15) is 0 Å². The Morgan fingerprint density at radius 2 is 1.25 bits per heavy atom. The van der Waals surface area contributed by atoms with Gasteiger partial charge in [0, 0.05) is 23.1 Å². The van der Waals surface area contributed by atoms with Crippen molar-refractivity contribution in [1.29, 1.82) is 5.26 Å². The van der Waals surface area contributed by atoms with Crippen LogP contribution < -0.4 is 0 Å². The van der Waals surface area contributed by atoms with Crippen LogP contribution in [0.2, 0.25) is 0 Å². The summed E-state index contributed by atoms with van der Waals surface area (Å²) in [5.74, 6) is 0. The van der Waals surface area contributed by atoms with E-state index in [1.54, 1.807) is 0 Å². The normalized spacial score (nSPS) is 0.500. The molecule has 0 radical (unpaired) electrons. The van der Waals surface area contributed by atoms with E-state index in [-0.39, 0.29) is 22.6 Å². The van der Waals surface area contributed by atoms with E-state index in [0.29, 0.717) is 0 Å². The summed E-state index contributed by atoms with van der Waals surface area (Å²) in [6.07, 6.45) is 0. The quantitative estimate of drug-likeness (QED) is 0.418. The second kappa shape index (κ2) is 3480. The standard InChI is InChI=1S/CHN.H2N.Ni/c1-2;;/h1H;1H2;/q;-1;. The Hall–Kier alpha value is -0.0565. The van der Waals surface area contributed by atoms with Crippen LogP contribution in [0.5, 0.6) is 0 Å². The van der Waals surface area contributed by atoms with Gasteiger partial charge in [0.2, 0.25) is 0 Å². The number of hydrogen-bond acceptors (Lipinski definition) is 1. The Morgan fingerprint density at radius 1 is 1.25 bits per heavy atom. The number of nitrogens with zero attached hydrogens (tertiary/aromatic N) is 1. The maximum absolute atomic E-state index is 6.50. The van der Waals surface area contributed by atoms with Crippen molar-refractivity contribution in [1.82, 2.24) is 0 Å². The molecule has 0 rings (SSSR count). The SMILES string of the molecule is C#N.[NH2-].[Ni]. The summed E-state index contributed by atoms with van der Waals surface area (Å²) in [5, 5.41) is 6.50. The van der Waals surface area contributed by atoms with Crippen molar-refractivity contribution in [2.24, 2.45) is 0 Å². The van der Waals surface area contributed by atoms with E-state index in [9.17, 15) is 0 Å². The largest absolute Gasteiger partial charge is 0.693 e. The molecule has 0 atom stereocenters. The van der Waals surface area contributed by atoms with E-state index in [4.69, 9.17) is 5.26 Å². The first kappa shape index (κ1) is 38.4. The topological polar surface area (TPSA) is 57.3 Å². The van der Waals surface area contributed by atoms with Crippen LogP contribution in [0, 0.1) is 11.8 Å². The summed E-state index contributed by atoms with van der Waals surface area (Å²) in [6.45, 7) is 3.50. The molecule has 0 unspecified atom stereocenters. The second-order valence-corrected chi connectivity index (χ2v) is 0. The van der Waals surface area contributed by atoms with Gasteiger partial charge in [-0.25, -0.2) is 5.26 Å². The average molecular weight is 102 g/mol. The van der Waals surface area contributed by atoms with Crippen LogP contribution >= 0.6 is 0 Å². The van der Waals surface area contributed by atoms with E-state index in [1.165, 1.54) is 0 Å². The summed E-state index contributed by atoms with van der Waals surface area (Å²) < 4.78 is 0. The van der Waals surface area contributed by atoms with Crippen molar-refractivity contribution in [2.75, 3.05) is 0 Å². The van der Waals surface area contributed by atoms with Crippen LogP contribution in [0.3, 0.4) is 0 Å². The Kier molecular flexibility index (Phi) is 33400. The summed E-state index contributed by atoms with van der Waals surface area (Å²) in [5.41, 5.74) is 0. The van der Waals surface area contributed by atoms with E-state index >= 15 is 0 Å². The molecule has 0 saturated heterocycles. The molecule has 0 heterocycles. The third kappa shape index (κ3) is 542. The van der Waals surface area contributed by atoms with Crippen LogP contribution in [0.4, 0.5) is 0 Å². The molecule has 3 heteroatoms. The molecule has 0 aliphatic rings. The molecule has 0 aromatic carbocycles. The van der Waals surface area contributed by atoms with Crippen LogP contribution in [0.25, 0.3) is 6.15 Å². The first-order chi connectivity index (χ1) is 1.00. The molecular formula is CH3N2Ni-. The molecule has 0 aromatic rings. The number of nitriles is 1. The molecule has 4 heavy (non-hydrogen) atoms. The molecule has 0 amide bonds. The minimum absolute atomic E-state index is 0. The Labute approximate surface area is 35.3 Å². The minimum Gasteiger partial charge on any atom is -0.693 e. The predicted octanol–water partition coefficient (Wildman–Crippen LogP) is 0.854. The van der Waals surface area contributed by atoms with E-state index in [2.05, 4.69) is 6.57 Å². The maximum Gasteiger partial charge on any atom is 0.0462 e. The number of nitrogens with two attached hydrogens (primary N) is 1. The van der Waals surface area contributed by atoms with Crippen LogP contribution in [0.1, 0.15) is 0 Å². The second-order valence-electron chi connectivity index (χ2n) is 0. The van der Waals surface area contributed by atoms with Gasteiger partial charge in [-0.1, -0.05) is 0 Å². The fourth-order valence-electron chi connectivity index (χ4n) is 0. The van der Waals surface area contributed by atoms with Crippen LogP contribution in [-0.4, -0.2) is 0 Å². The Morgan fingerprint density at radius 3 is 1.25 bits per heavy atom. The molecule has 28 valence electrons. The molecule has 0 aliphatic heterocycles.